The van der Waals surface area contributed by atoms with E-state index in [0.717, 1.165) is 30.0 Å². The van der Waals surface area contributed by atoms with Crippen molar-refractivity contribution in [3.8, 4) is 0 Å². The fraction of sp³-hybridized carbons (Fsp3) is 0.400. The summed E-state index contributed by atoms with van der Waals surface area (Å²) in [5.41, 5.74) is 2.46. The largest absolute Gasteiger partial charge is 0.350 e. The van der Waals surface area contributed by atoms with E-state index in [1.807, 2.05) is 25.3 Å². The average Bonchev–Trinajstić information content (AvgIpc) is 3.09. The highest BCUT2D eigenvalue weighted by molar-refractivity contribution is 5.80. The Morgan fingerprint density at radius 3 is 3.04 bits per heavy atom. The van der Waals surface area contributed by atoms with Crippen LogP contribution >= 0.6 is 0 Å². The van der Waals surface area contributed by atoms with Crippen LogP contribution in [-0.2, 0) is 30.8 Å². The highest BCUT2D eigenvalue weighted by Crippen LogP contribution is 2.14. The zero-order valence-corrected chi connectivity index (χ0v) is 15.4. The van der Waals surface area contributed by atoms with Crippen LogP contribution in [0.2, 0.25) is 0 Å². The van der Waals surface area contributed by atoms with Gasteiger partial charge in [0, 0.05) is 32.1 Å². The number of hydrogen-bond donors (Lipinski definition) is 1. The Bertz CT molecular complexity index is 1030. The molecule has 0 unspecified atom stereocenters. The Hall–Kier alpha value is -2.96. The molecular formula is C20H23N5O2. The van der Waals surface area contributed by atoms with Gasteiger partial charge in [0.25, 0.3) is 5.56 Å². The lowest BCUT2D eigenvalue weighted by Gasteiger charge is -2.11. The molecule has 3 aromatic rings. The van der Waals surface area contributed by atoms with Crippen molar-refractivity contribution in [1.29, 1.82) is 0 Å². The van der Waals surface area contributed by atoms with Gasteiger partial charge in [-0.3, -0.25) is 14.2 Å². The fourth-order valence-electron chi connectivity index (χ4n) is 3.55. The topological polar surface area (TPSA) is 81.8 Å². The van der Waals surface area contributed by atoms with Gasteiger partial charge in [0.2, 0.25) is 5.91 Å². The molecular weight excluding hydrogens is 342 g/mol. The molecule has 0 radical (unpaired) electrons. The van der Waals surface area contributed by atoms with Gasteiger partial charge >= 0.3 is 0 Å². The number of nitrogens with zero attached hydrogens (tertiary/aromatic N) is 4. The zero-order chi connectivity index (χ0) is 18.8. The van der Waals surface area contributed by atoms with E-state index >= 15 is 0 Å². The second kappa shape index (κ2) is 7.34. The van der Waals surface area contributed by atoms with E-state index in [-0.39, 0.29) is 17.9 Å². The molecule has 1 aliphatic heterocycles. The zero-order valence-electron chi connectivity index (χ0n) is 15.4. The molecule has 2 aromatic heterocycles. The Balaban J connectivity index is 1.36. The third-order valence-corrected chi connectivity index (χ3v) is 5.06. The molecule has 0 aliphatic carbocycles. The van der Waals surface area contributed by atoms with Crippen LogP contribution in [0.5, 0.6) is 0 Å². The summed E-state index contributed by atoms with van der Waals surface area (Å²) < 4.78 is 3.67. The third kappa shape index (κ3) is 3.63. The summed E-state index contributed by atoms with van der Waals surface area (Å²) in [6.07, 6.45) is 7.14. The molecule has 0 fully saturated rings. The molecule has 0 saturated heterocycles. The predicted molar refractivity (Wildman–Crippen MR) is 102 cm³/mol. The summed E-state index contributed by atoms with van der Waals surface area (Å²) in [6, 6.07) is 5.55. The Labute approximate surface area is 157 Å². The molecule has 0 spiro atoms. The van der Waals surface area contributed by atoms with Crippen LogP contribution in [0.15, 0.2) is 35.5 Å². The summed E-state index contributed by atoms with van der Waals surface area (Å²) >= 11 is 0. The molecule has 7 heteroatoms. The standard InChI is InChI=1S/C20H23N5O2/c1-14-5-4-6-16-19(14)22-13-25(20(16)27)10-8-18(26)21-11-15-12-24-9-3-2-7-17(24)23-15/h4-6,12-13H,2-3,7-11H2,1H3,(H,21,26). The SMILES string of the molecule is Cc1cccc2c(=O)n(CCC(=O)NCc3cn4c(n3)CCCC4)cnc12. The summed E-state index contributed by atoms with van der Waals surface area (Å²) in [5.74, 6) is 1.01. The van der Waals surface area contributed by atoms with E-state index in [1.54, 1.807) is 6.07 Å². The van der Waals surface area contributed by atoms with Gasteiger partial charge in [-0.1, -0.05) is 12.1 Å². The van der Waals surface area contributed by atoms with Crippen molar-refractivity contribution >= 4 is 16.8 Å². The molecule has 1 N–H and O–H groups in total. The third-order valence-electron chi connectivity index (χ3n) is 5.06. The number of hydrogen-bond acceptors (Lipinski definition) is 4. The van der Waals surface area contributed by atoms with Gasteiger partial charge in [-0.25, -0.2) is 9.97 Å². The Kier molecular flexibility index (Phi) is 4.75. The molecule has 4 rings (SSSR count). The van der Waals surface area contributed by atoms with E-state index in [1.165, 1.54) is 23.7 Å². The summed E-state index contributed by atoms with van der Waals surface area (Å²) in [7, 11) is 0. The van der Waals surface area contributed by atoms with E-state index in [2.05, 4.69) is 19.9 Å². The van der Waals surface area contributed by atoms with Gasteiger partial charge in [-0.05, 0) is 31.4 Å². The number of carbonyl (C=O) groups excluding carboxylic acids is 1. The Morgan fingerprint density at radius 2 is 2.19 bits per heavy atom. The number of amides is 1. The maximum absolute atomic E-state index is 12.6. The van der Waals surface area contributed by atoms with Crippen LogP contribution < -0.4 is 10.9 Å². The van der Waals surface area contributed by atoms with Gasteiger partial charge in [0.05, 0.1) is 29.5 Å². The lowest BCUT2D eigenvalue weighted by molar-refractivity contribution is -0.121. The van der Waals surface area contributed by atoms with Crippen molar-refractivity contribution < 1.29 is 4.79 Å². The first-order valence-corrected chi connectivity index (χ1v) is 9.38. The van der Waals surface area contributed by atoms with Gasteiger partial charge < -0.3 is 9.88 Å². The lowest BCUT2D eigenvalue weighted by Crippen LogP contribution is -2.27. The molecule has 27 heavy (non-hydrogen) atoms. The average molecular weight is 365 g/mol. The second-order valence-corrected chi connectivity index (χ2v) is 7.04. The number of fused-ring (bicyclic) bond motifs is 2. The van der Waals surface area contributed by atoms with Gasteiger partial charge in [0.1, 0.15) is 5.82 Å². The van der Waals surface area contributed by atoms with Crippen molar-refractivity contribution in [2.45, 2.75) is 52.2 Å². The van der Waals surface area contributed by atoms with Crippen molar-refractivity contribution in [2.75, 3.05) is 0 Å². The number of rotatable bonds is 5. The second-order valence-electron chi connectivity index (χ2n) is 7.04. The molecule has 0 atom stereocenters. The maximum atomic E-state index is 12.6. The first-order valence-electron chi connectivity index (χ1n) is 9.38. The lowest BCUT2D eigenvalue weighted by atomic mass is 10.1. The van der Waals surface area contributed by atoms with Crippen LogP contribution in [0.1, 0.15) is 36.3 Å². The van der Waals surface area contributed by atoms with Crippen LogP contribution in [0.4, 0.5) is 0 Å². The van der Waals surface area contributed by atoms with E-state index in [0.29, 0.717) is 24.0 Å². The van der Waals surface area contributed by atoms with Crippen molar-refractivity contribution in [1.82, 2.24) is 24.4 Å². The summed E-state index contributed by atoms with van der Waals surface area (Å²) in [6.45, 7) is 3.66. The predicted octanol–water partition coefficient (Wildman–Crippen LogP) is 1.94. The summed E-state index contributed by atoms with van der Waals surface area (Å²) in [5, 5.41) is 3.48. The molecule has 140 valence electrons. The number of nitrogens with one attached hydrogen (secondary N) is 1. The highest BCUT2D eigenvalue weighted by atomic mass is 16.1. The molecule has 1 aromatic carbocycles. The first-order chi connectivity index (χ1) is 13.1. The van der Waals surface area contributed by atoms with Gasteiger partial charge in [-0.2, -0.15) is 0 Å². The number of aromatic nitrogens is 4. The minimum Gasteiger partial charge on any atom is -0.350 e. The van der Waals surface area contributed by atoms with Crippen molar-refractivity contribution in [3.05, 3.63) is 58.2 Å². The maximum Gasteiger partial charge on any atom is 0.261 e. The molecule has 0 saturated carbocycles. The van der Waals surface area contributed by atoms with Crippen LogP contribution in [-0.4, -0.2) is 25.0 Å². The molecule has 3 heterocycles. The highest BCUT2D eigenvalue weighted by Gasteiger charge is 2.13. The van der Waals surface area contributed by atoms with Gasteiger partial charge in [0.15, 0.2) is 0 Å². The minimum absolute atomic E-state index is 0.0998. The van der Waals surface area contributed by atoms with E-state index in [9.17, 15) is 9.59 Å². The van der Waals surface area contributed by atoms with Crippen LogP contribution in [0.3, 0.4) is 0 Å². The van der Waals surface area contributed by atoms with Gasteiger partial charge in [-0.15, -0.1) is 0 Å². The Morgan fingerprint density at radius 1 is 1.30 bits per heavy atom. The van der Waals surface area contributed by atoms with Crippen molar-refractivity contribution in [3.63, 3.8) is 0 Å². The summed E-state index contributed by atoms with van der Waals surface area (Å²) in [4.78, 5) is 33.7. The van der Waals surface area contributed by atoms with Crippen LogP contribution in [0, 0.1) is 6.92 Å². The molecule has 7 nitrogen and oxygen atoms in total. The monoisotopic (exact) mass is 365 g/mol. The fourth-order valence-corrected chi connectivity index (χ4v) is 3.55. The number of benzene rings is 1. The number of carbonyl (C=O) groups is 1. The van der Waals surface area contributed by atoms with Crippen molar-refractivity contribution in [2.24, 2.45) is 0 Å². The quantitative estimate of drug-likeness (QED) is 0.749. The number of aryl methyl sites for hydroxylation is 4. The molecule has 1 aliphatic rings. The minimum atomic E-state index is -0.113. The van der Waals surface area contributed by atoms with E-state index < -0.39 is 0 Å². The number of imidazole rings is 1. The first kappa shape index (κ1) is 17.5. The molecule has 0 bridgehead atoms. The normalized spacial score (nSPS) is 13.5. The smallest absolute Gasteiger partial charge is 0.261 e. The van der Waals surface area contributed by atoms with Crippen LogP contribution in [0.25, 0.3) is 10.9 Å². The molecule has 1 amide bonds. The van der Waals surface area contributed by atoms with E-state index in [4.69, 9.17) is 0 Å². The number of para-hydroxylation sites is 1.